The normalized spacial score (nSPS) is 10.2. The smallest absolute Gasteiger partial charge is 0.254 e. The maximum absolute atomic E-state index is 11.3. The van der Waals surface area contributed by atoms with Gasteiger partial charge in [-0.15, -0.1) is 0 Å². The molecule has 0 radical (unpaired) electrons. The quantitative estimate of drug-likeness (QED) is 0.759. The lowest BCUT2D eigenvalue weighted by atomic mass is 10.2. The number of carbonyl (C=O) groups excluding carboxylic acids is 1. The van der Waals surface area contributed by atoms with Crippen LogP contribution in [0.4, 0.5) is 5.69 Å². The standard InChI is InChI=1S/C13H13N3O3/c14-9-5-11(12(15)18)13(16-6-9)19-10-3-1-2-8(4-10)7-17/h1-6,17H,7,14H2,(H2,15,18). The lowest BCUT2D eigenvalue weighted by Crippen LogP contribution is -2.13. The van der Waals surface area contributed by atoms with E-state index in [9.17, 15) is 4.79 Å². The molecule has 1 aromatic heterocycles. The van der Waals surface area contributed by atoms with E-state index < -0.39 is 5.91 Å². The highest BCUT2D eigenvalue weighted by Crippen LogP contribution is 2.24. The third-order valence-corrected chi connectivity index (χ3v) is 2.43. The van der Waals surface area contributed by atoms with Crippen LogP contribution in [0.15, 0.2) is 36.5 Å². The van der Waals surface area contributed by atoms with Crippen molar-refractivity contribution in [2.45, 2.75) is 6.61 Å². The number of aromatic nitrogens is 1. The number of primary amides is 1. The van der Waals surface area contributed by atoms with Crippen LogP contribution in [0.1, 0.15) is 15.9 Å². The van der Waals surface area contributed by atoms with Gasteiger partial charge in [-0.3, -0.25) is 4.79 Å². The average Bonchev–Trinajstić information content (AvgIpc) is 2.41. The van der Waals surface area contributed by atoms with Gasteiger partial charge in [0.25, 0.3) is 5.91 Å². The molecule has 0 unspecified atom stereocenters. The number of carbonyl (C=O) groups is 1. The Labute approximate surface area is 109 Å². The van der Waals surface area contributed by atoms with Crippen molar-refractivity contribution in [3.63, 3.8) is 0 Å². The summed E-state index contributed by atoms with van der Waals surface area (Å²) in [6.45, 7) is -0.102. The SMILES string of the molecule is NC(=O)c1cc(N)cnc1Oc1cccc(CO)c1. The van der Waals surface area contributed by atoms with E-state index in [0.717, 1.165) is 0 Å². The summed E-state index contributed by atoms with van der Waals surface area (Å²) < 4.78 is 5.49. The lowest BCUT2D eigenvalue weighted by molar-refractivity contribution is 0.0997. The number of aliphatic hydroxyl groups excluding tert-OH is 1. The third kappa shape index (κ3) is 2.99. The Balaban J connectivity index is 2.34. The number of rotatable bonds is 4. The van der Waals surface area contributed by atoms with Crippen molar-refractivity contribution in [3.05, 3.63) is 47.7 Å². The fourth-order valence-corrected chi connectivity index (χ4v) is 1.55. The van der Waals surface area contributed by atoms with Gasteiger partial charge in [0.15, 0.2) is 0 Å². The molecule has 0 bridgehead atoms. The van der Waals surface area contributed by atoms with E-state index in [1.165, 1.54) is 12.3 Å². The molecule has 19 heavy (non-hydrogen) atoms. The summed E-state index contributed by atoms with van der Waals surface area (Å²) in [5.74, 6) is -0.142. The third-order valence-electron chi connectivity index (χ3n) is 2.43. The molecule has 0 aliphatic carbocycles. The minimum atomic E-state index is -0.673. The van der Waals surface area contributed by atoms with Crippen LogP contribution in [-0.2, 0) is 6.61 Å². The van der Waals surface area contributed by atoms with E-state index in [1.807, 2.05) is 0 Å². The highest BCUT2D eigenvalue weighted by Gasteiger charge is 2.12. The number of pyridine rings is 1. The molecule has 5 N–H and O–H groups in total. The summed E-state index contributed by atoms with van der Waals surface area (Å²) in [6, 6.07) is 8.20. The van der Waals surface area contributed by atoms with Gasteiger partial charge in [-0.05, 0) is 23.8 Å². The minimum Gasteiger partial charge on any atom is -0.438 e. The Morgan fingerprint density at radius 2 is 2.16 bits per heavy atom. The molecule has 0 atom stereocenters. The number of hydrogen-bond acceptors (Lipinski definition) is 5. The van der Waals surface area contributed by atoms with Gasteiger partial charge in [-0.25, -0.2) is 4.98 Å². The molecule has 1 amide bonds. The van der Waals surface area contributed by atoms with E-state index >= 15 is 0 Å². The number of anilines is 1. The van der Waals surface area contributed by atoms with E-state index in [4.69, 9.17) is 21.3 Å². The van der Waals surface area contributed by atoms with Gasteiger partial charge in [0, 0.05) is 0 Å². The van der Waals surface area contributed by atoms with Crippen molar-refractivity contribution in [2.24, 2.45) is 5.73 Å². The van der Waals surface area contributed by atoms with Crippen molar-refractivity contribution in [1.29, 1.82) is 0 Å². The van der Waals surface area contributed by atoms with E-state index in [-0.39, 0.29) is 18.1 Å². The second-order valence-corrected chi connectivity index (χ2v) is 3.89. The zero-order chi connectivity index (χ0) is 13.8. The monoisotopic (exact) mass is 259 g/mol. The predicted octanol–water partition coefficient (Wildman–Crippen LogP) is 1.05. The molecule has 1 heterocycles. The zero-order valence-corrected chi connectivity index (χ0v) is 10.0. The highest BCUT2D eigenvalue weighted by atomic mass is 16.5. The second kappa shape index (κ2) is 5.36. The first-order valence-electron chi connectivity index (χ1n) is 5.53. The number of nitrogens with zero attached hydrogens (tertiary/aromatic N) is 1. The molecule has 1 aromatic carbocycles. The van der Waals surface area contributed by atoms with Crippen molar-refractivity contribution < 1.29 is 14.6 Å². The summed E-state index contributed by atoms with van der Waals surface area (Å²) in [5.41, 5.74) is 11.9. The molecular formula is C13H13N3O3. The second-order valence-electron chi connectivity index (χ2n) is 3.89. The van der Waals surface area contributed by atoms with Crippen LogP contribution in [0, 0.1) is 0 Å². The van der Waals surface area contributed by atoms with Gasteiger partial charge in [-0.2, -0.15) is 0 Å². The number of ether oxygens (including phenoxy) is 1. The van der Waals surface area contributed by atoms with Crippen molar-refractivity contribution in [3.8, 4) is 11.6 Å². The molecule has 0 aliphatic rings. The number of hydrogen-bond donors (Lipinski definition) is 3. The fourth-order valence-electron chi connectivity index (χ4n) is 1.55. The summed E-state index contributed by atoms with van der Waals surface area (Å²) >= 11 is 0. The first-order chi connectivity index (χ1) is 9.10. The van der Waals surface area contributed by atoms with Gasteiger partial charge >= 0.3 is 0 Å². The van der Waals surface area contributed by atoms with Crippen LogP contribution in [0.3, 0.4) is 0 Å². The number of nitrogens with two attached hydrogens (primary N) is 2. The van der Waals surface area contributed by atoms with Gasteiger partial charge < -0.3 is 21.3 Å². The molecular weight excluding hydrogens is 246 g/mol. The lowest BCUT2D eigenvalue weighted by Gasteiger charge is -2.09. The first kappa shape index (κ1) is 12.8. The fraction of sp³-hybridized carbons (Fsp3) is 0.0769. The Morgan fingerprint density at radius 1 is 1.37 bits per heavy atom. The summed E-state index contributed by atoms with van der Waals surface area (Å²) in [6.07, 6.45) is 1.37. The average molecular weight is 259 g/mol. The highest BCUT2D eigenvalue weighted by molar-refractivity contribution is 5.95. The van der Waals surface area contributed by atoms with Gasteiger partial charge in [-0.1, -0.05) is 12.1 Å². The van der Waals surface area contributed by atoms with Gasteiger partial charge in [0.05, 0.1) is 18.5 Å². The molecule has 6 heteroatoms. The van der Waals surface area contributed by atoms with Crippen LogP contribution in [0.2, 0.25) is 0 Å². The predicted molar refractivity (Wildman–Crippen MR) is 69.6 cm³/mol. The number of aliphatic hydroxyl groups is 1. The van der Waals surface area contributed by atoms with E-state index in [1.54, 1.807) is 24.3 Å². The number of nitrogen functional groups attached to an aromatic ring is 1. The minimum absolute atomic E-state index is 0.0804. The molecule has 0 saturated carbocycles. The Bertz CT molecular complexity index is 614. The zero-order valence-electron chi connectivity index (χ0n) is 10.0. The van der Waals surface area contributed by atoms with Crippen molar-refractivity contribution in [1.82, 2.24) is 4.98 Å². The summed E-state index contributed by atoms with van der Waals surface area (Å²) in [5, 5.41) is 9.05. The van der Waals surface area contributed by atoms with Crippen molar-refractivity contribution >= 4 is 11.6 Å². The topological polar surface area (TPSA) is 111 Å². The number of amides is 1. The van der Waals surface area contributed by atoms with Crippen LogP contribution >= 0.6 is 0 Å². The Morgan fingerprint density at radius 3 is 2.84 bits per heavy atom. The molecule has 2 rings (SSSR count). The molecule has 0 spiro atoms. The van der Waals surface area contributed by atoms with Crippen LogP contribution in [-0.4, -0.2) is 16.0 Å². The largest absolute Gasteiger partial charge is 0.438 e. The molecule has 0 saturated heterocycles. The molecule has 2 aromatic rings. The van der Waals surface area contributed by atoms with Crippen LogP contribution in [0.25, 0.3) is 0 Å². The molecule has 0 fully saturated rings. The maximum atomic E-state index is 11.3. The van der Waals surface area contributed by atoms with Gasteiger partial charge in [0.2, 0.25) is 5.88 Å². The summed E-state index contributed by atoms with van der Waals surface area (Å²) in [4.78, 5) is 15.2. The molecule has 0 aliphatic heterocycles. The first-order valence-corrected chi connectivity index (χ1v) is 5.53. The van der Waals surface area contributed by atoms with Crippen molar-refractivity contribution in [2.75, 3.05) is 5.73 Å². The summed E-state index contributed by atoms with van der Waals surface area (Å²) in [7, 11) is 0. The Kier molecular flexibility index (Phi) is 3.63. The van der Waals surface area contributed by atoms with Crippen LogP contribution < -0.4 is 16.2 Å². The van der Waals surface area contributed by atoms with Gasteiger partial charge in [0.1, 0.15) is 11.3 Å². The Hall–Kier alpha value is -2.60. The van der Waals surface area contributed by atoms with E-state index in [2.05, 4.69) is 4.98 Å². The molecule has 6 nitrogen and oxygen atoms in total. The molecule has 98 valence electrons. The number of benzene rings is 1. The van der Waals surface area contributed by atoms with Crippen LogP contribution in [0.5, 0.6) is 11.6 Å². The van der Waals surface area contributed by atoms with E-state index in [0.29, 0.717) is 17.0 Å². The maximum Gasteiger partial charge on any atom is 0.254 e.